The molecule has 18 heavy (non-hydrogen) atoms. The van der Waals surface area contributed by atoms with Gasteiger partial charge in [-0.2, -0.15) is 0 Å². The Bertz CT molecular complexity index is 468. The lowest BCUT2D eigenvalue weighted by molar-refractivity contribution is 0.304. The second kappa shape index (κ2) is 6.17. The van der Waals surface area contributed by atoms with Crippen molar-refractivity contribution in [3.8, 4) is 5.75 Å². The highest BCUT2D eigenvalue weighted by molar-refractivity contribution is 5.22. The molecule has 0 saturated heterocycles. The third-order valence-corrected chi connectivity index (χ3v) is 2.88. The largest absolute Gasteiger partial charge is 0.487 e. The SMILES string of the molecule is CNC(C)c1ccc(OCc2ccccc2)cn1. The minimum Gasteiger partial charge on any atom is -0.487 e. The van der Waals surface area contributed by atoms with Gasteiger partial charge in [-0.1, -0.05) is 30.3 Å². The number of pyridine rings is 1. The summed E-state index contributed by atoms with van der Waals surface area (Å²) in [6, 6.07) is 14.3. The molecule has 94 valence electrons. The minimum atomic E-state index is 0.258. The van der Waals surface area contributed by atoms with E-state index in [1.807, 2.05) is 49.5 Å². The van der Waals surface area contributed by atoms with Crippen LogP contribution in [0.2, 0.25) is 0 Å². The van der Waals surface area contributed by atoms with Crippen molar-refractivity contribution in [1.82, 2.24) is 10.3 Å². The van der Waals surface area contributed by atoms with Gasteiger partial charge in [0.15, 0.2) is 0 Å². The first kappa shape index (κ1) is 12.6. The van der Waals surface area contributed by atoms with Gasteiger partial charge < -0.3 is 10.1 Å². The fourth-order valence-electron chi connectivity index (χ4n) is 1.62. The smallest absolute Gasteiger partial charge is 0.138 e. The number of ether oxygens (including phenoxy) is 1. The van der Waals surface area contributed by atoms with Gasteiger partial charge >= 0.3 is 0 Å². The Labute approximate surface area is 108 Å². The lowest BCUT2D eigenvalue weighted by atomic mass is 10.2. The summed E-state index contributed by atoms with van der Waals surface area (Å²) < 4.78 is 5.68. The normalized spacial score (nSPS) is 12.1. The molecule has 0 amide bonds. The topological polar surface area (TPSA) is 34.1 Å². The Morgan fingerprint density at radius 3 is 2.56 bits per heavy atom. The molecular formula is C15H18N2O. The summed E-state index contributed by atoms with van der Waals surface area (Å²) in [5.74, 6) is 0.797. The van der Waals surface area contributed by atoms with Crippen LogP contribution in [0.5, 0.6) is 5.75 Å². The van der Waals surface area contributed by atoms with E-state index < -0.39 is 0 Å². The van der Waals surface area contributed by atoms with E-state index in [9.17, 15) is 0 Å². The Kier molecular flexibility index (Phi) is 4.31. The summed E-state index contributed by atoms with van der Waals surface area (Å²) in [7, 11) is 1.92. The van der Waals surface area contributed by atoms with E-state index in [2.05, 4.69) is 17.2 Å². The molecule has 0 aliphatic rings. The Morgan fingerprint density at radius 1 is 1.17 bits per heavy atom. The third kappa shape index (κ3) is 3.31. The van der Waals surface area contributed by atoms with Crippen molar-refractivity contribution in [3.63, 3.8) is 0 Å². The van der Waals surface area contributed by atoms with Crippen molar-refractivity contribution < 1.29 is 4.74 Å². The van der Waals surface area contributed by atoms with Crippen molar-refractivity contribution in [2.45, 2.75) is 19.6 Å². The minimum absolute atomic E-state index is 0.258. The molecule has 1 atom stereocenters. The standard InChI is InChI=1S/C15H18N2O/c1-12(16-2)15-9-8-14(10-17-15)18-11-13-6-4-3-5-7-13/h3-10,12,16H,11H2,1-2H3. The molecule has 2 aromatic rings. The third-order valence-electron chi connectivity index (χ3n) is 2.88. The van der Waals surface area contributed by atoms with Gasteiger partial charge in [0.25, 0.3) is 0 Å². The van der Waals surface area contributed by atoms with E-state index in [0.717, 1.165) is 17.0 Å². The van der Waals surface area contributed by atoms with E-state index in [4.69, 9.17) is 4.74 Å². The lowest BCUT2D eigenvalue weighted by Crippen LogP contribution is -2.13. The Hall–Kier alpha value is -1.87. The van der Waals surface area contributed by atoms with E-state index in [1.165, 1.54) is 0 Å². The lowest BCUT2D eigenvalue weighted by Gasteiger charge is -2.10. The Morgan fingerprint density at radius 2 is 1.94 bits per heavy atom. The molecule has 1 aromatic heterocycles. The second-order valence-corrected chi connectivity index (χ2v) is 4.20. The molecular weight excluding hydrogens is 224 g/mol. The zero-order valence-corrected chi connectivity index (χ0v) is 10.8. The molecule has 2 rings (SSSR count). The zero-order chi connectivity index (χ0) is 12.8. The number of nitrogens with one attached hydrogen (secondary N) is 1. The van der Waals surface area contributed by atoms with Gasteiger partial charge in [0.2, 0.25) is 0 Å². The van der Waals surface area contributed by atoms with Gasteiger partial charge in [0, 0.05) is 6.04 Å². The van der Waals surface area contributed by atoms with Crippen molar-refractivity contribution in [1.29, 1.82) is 0 Å². The first-order valence-electron chi connectivity index (χ1n) is 6.09. The summed E-state index contributed by atoms with van der Waals surface area (Å²) in [5.41, 5.74) is 2.18. The molecule has 0 aliphatic heterocycles. The molecule has 1 heterocycles. The maximum absolute atomic E-state index is 5.68. The molecule has 0 aliphatic carbocycles. The molecule has 1 unspecified atom stereocenters. The number of nitrogens with zero attached hydrogens (tertiary/aromatic N) is 1. The van der Waals surface area contributed by atoms with Crippen LogP contribution in [-0.2, 0) is 6.61 Å². The van der Waals surface area contributed by atoms with Crippen LogP contribution in [0.3, 0.4) is 0 Å². The van der Waals surface area contributed by atoms with Crippen molar-refractivity contribution >= 4 is 0 Å². The Balaban J connectivity index is 1.94. The van der Waals surface area contributed by atoms with Crippen LogP contribution in [0.4, 0.5) is 0 Å². The maximum Gasteiger partial charge on any atom is 0.138 e. The fraction of sp³-hybridized carbons (Fsp3) is 0.267. The van der Waals surface area contributed by atoms with Crippen LogP contribution in [0.25, 0.3) is 0 Å². The number of hydrogen-bond donors (Lipinski definition) is 1. The number of aromatic nitrogens is 1. The molecule has 0 bridgehead atoms. The van der Waals surface area contributed by atoms with Gasteiger partial charge in [-0.25, -0.2) is 0 Å². The van der Waals surface area contributed by atoms with E-state index in [0.29, 0.717) is 6.61 Å². The summed E-state index contributed by atoms with van der Waals surface area (Å²) in [5, 5.41) is 3.16. The maximum atomic E-state index is 5.68. The highest BCUT2D eigenvalue weighted by atomic mass is 16.5. The van der Waals surface area contributed by atoms with Crippen LogP contribution < -0.4 is 10.1 Å². The van der Waals surface area contributed by atoms with Gasteiger partial charge in [-0.3, -0.25) is 4.98 Å². The summed E-state index contributed by atoms with van der Waals surface area (Å²) in [4.78, 5) is 4.37. The predicted molar refractivity (Wildman–Crippen MR) is 72.5 cm³/mol. The van der Waals surface area contributed by atoms with Crippen LogP contribution in [0.15, 0.2) is 48.7 Å². The summed E-state index contributed by atoms with van der Waals surface area (Å²) in [6.07, 6.45) is 1.77. The monoisotopic (exact) mass is 242 g/mol. The molecule has 0 spiro atoms. The average molecular weight is 242 g/mol. The molecule has 0 fully saturated rings. The zero-order valence-electron chi connectivity index (χ0n) is 10.8. The van der Waals surface area contributed by atoms with E-state index >= 15 is 0 Å². The molecule has 0 saturated carbocycles. The fourth-order valence-corrected chi connectivity index (χ4v) is 1.62. The summed E-state index contributed by atoms with van der Waals surface area (Å²) >= 11 is 0. The molecule has 0 radical (unpaired) electrons. The van der Waals surface area contributed by atoms with Crippen LogP contribution in [0, 0.1) is 0 Å². The van der Waals surface area contributed by atoms with Crippen LogP contribution in [-0.4, -0.2) is 12.0 Å². The van der Waals surface area contributed by atoms with Crippen molar-refractivity contribution in [3.05, 3.63) is 59.9 Å². The molecule has 1 N–H and O–H groups in total. The number of rotatable bonds is 5. The van der Waals surface area contributed by atoms with Gasteiger partial charge in [-0.05, 0) is 31.7 Å². The van der Waals surface area contributed by atoms with Crippen molar-refractivity contribution in [2.24, 2.45) is 0 Å². The highest BCUT2D eigenvalue weighted by Crippen LogP contribution is 2.15. The van der Waals surface area contributed by atoms with E-state index in [1.54, 1.807) is 6.20 Å². The van der Waals surface area contributed by atoms with Gasteiger partial charge in [0.05, 0.1) is 11.9 Å². The number of benzene rings is 1. The highest BCUT2D eigenvalue weighted by Gasteiger charge is 2.03. The van der Waals surface area contributed by atoms with Gasteiger partial charge in [-0.15, -0.1) is 0 Å². The molecule has 3 heteroatoms. The quantitative estimate of drug-likeness (QED) is 0.875. The first-order chi connectivity index (χ1) is 8.79. The summed E-state index contributed by atoms with van der Waals surface area (Å²) in [6.45, 7) is 2.65. The average Bonchev–Trinajstić information content (AvgIpc) is 2.46. The van der Waals surface area contributed by atoms with Gasteiger partial charge in [0.1, 0.15) is 12.4 Å². The van der Waals surface area contributed by atoms with Crippen LogP contribution in [0.1, 0.15) is 24.2 Å². The second-order valence-electron chi connectivity index (χ2n) is 4.20. The van der Waals surface area contributed by atoms with Crippen LogP contribution >= 0.6 is 0 Å². The predicted octanol–water partition coefficient (Wildman–Crippen LogP) is 2.94. The first-order valence-corrected chi connectivity index (χ1v) is 6.09. The van der Waals surface area contributed by atoms with Crippen molar-refractivity contribution in [2.75, 3.05) is 7.05 Å². The molecule has 3 nitrogen and oxygen atoms in total. The van der Waals surface area contributed by atoms with E-state index in [-0.39, 0.29) is 6.04 Å². The number of hydrogen-bond acceptors (Lipinski definition) is 3. The molecule has 1 aromatic carbocycles.